The van der Waals surface area contributed by atoms with Crippen LogP contribution in [0.1, 0.15) is 41.3 Å². The van der Waals surface area contributed by atoms with E-state index in [0.29, 0.717) is 29.2 Å². The summed E-state index contributed by atoms with van der Waals surface area (Å²) in [5, 5.41) is 0.542. The monoisotopic (exact) mass is 357 g/mol. The van der Waals surface area contributed by atoms with Crippen molar-refractivity contribution in [1.29, 1.82) is 0 Å². The number of amides is 1. The van der Waals surface area contributed by atoms with Gasteiger partial charge in [0, 0.05) is 23.7 Å². The van der Waals surface area contributed by atoms with Gasteiger partial charge in [-0.05, 0) is 43.5 Å². The van der Waals surface area contributed by atoms with Gasteiger partial charge in [-0.15, -0.1) is 0 Å². The number of halogens is 1. The van der Waals surface area contributed by atoms with Crippen molar-refractivity contribution in [1.82, 2.24) is 4.90 Å². The van der Waals surface area contributed by atoms with Crippen LogP contribution >= 0.6 is 11.6 Å². The number of piperidine rings is 1. The third kappa shape index (κ3) is 4.40. The summed E-state index contributed by atoms with van der Waals surface area (Å²) in [6, 6.07) is 15.6. The van der Waals surface area contributed by atoms with Crippen LogP contribution in [0.3, 0.4) is 0 Å². The summed E-state index contributed by atoms with van der Waals surface area (Å²) < 4.78 is 5.60. The third-order valence-corrected chi connectivity index (χ3v) is 4.55. The fourth-order valence-corrected chi connectivity index (χ4v) is 3.06. The molecule has 0 unspecified atom stereocenters. The molecule has 0 radical (unpaired) electrons. The van der Waals surface area contributed by atoms with Gasteiger partial charge in [0.15, 0.2) is 0 Å². The molecule has 2 aromatic rings. The van der Waals surface area contributed by atoms with Crippen molar-refractivity contribution < 1.29 is 14.3 Å². The van der Waals surface area contributed by atoms with Crippen molar-refractivity contribution >= 4 is 23.5 Å². The fraction of sp³-hybridized carbons (Fsp3) is 0.300. The van der Waals surface area contributed by atoms with Gasteiger partial charge in [0.05, 0.1) is 5.56 Å². The van der Waals surface area contributed by atoms with E-state index in [4.69, 9.17) is 16.3 Å². The van der Waals surface area contributed by atoms with Crippen LogP contribution in [0, 0.1) is 0 Å². The lowest BCUT2D eigenvalue weighted by molar-refractivity contribution is -0.142. The minimum Gasteiger partial charge on any atom is -0.444 e. The predicted octanol–water partition coefficient (Wildman–Crippen LogP) is 4.25. The maximum atomic E-state index is 12.9. The van der Waals surface area contributed by atoms with E-state index in [0.717, 1.165) is 19.3 Å². The lowest BCUT2D eigenvalue weighted by Gasteiger charge is -2.30. The first-order chi connectivity index (χ1) is 12.1. The zero-order chi connectivity index (χ0) is 17.6. The molecule has 4 nitrogen and oxygen atoms in total. The Bertz CT molecular complexity index is 724. The van der Waals surface area contributed by atoms with Crippen LogP contribution in [0.4, 0.5) is 0 Å². The number of hydrogen-bond donors (Lipinski definition) is 0. The van der Waals surface area contributed by atoms with Crippen molar-refractivity contribution in [3.05, 3.63) is 70.7 Å². The number of esters is 1. The number of rotatable bonds is 4. The molecule has 1 aliphatic rings. The van der Waals surface area contributed by atoms with Gasteiger partial charge in [-0.25, -0.2) is 4.79 Å². The maximum Gasteiger partial charge on any atom is 0.339 e. The number of ether oxygens (including phenoxy) is 1. The molecule has 1 aliphatic heterocycles. The van der Waals surface area contributed by atoms with Gasteiger partial charge in [-0.3, -0.25) is 4.79 Å². The Labute approximate surface area is 152 Å². The van der Waals surface area contributed by atoms with Crippen molar-refractivity contribution in [3.8, 4) is 0 Å². The predicted molar refractivity (Wildman–Crippen MR) is 96.5 cm³/mol. The summed E-state index contributed by atoms with van der Waals surface area (Å²) in [5.41, 5.74) is 1.05. The van der Waals surface area contributed by atoms with Crippen LogP contribution in [0.5, 0.6) is 0 Å². The van der Waals surface area contributed by atoms with E-state index in [-0.39, 0.29) is 5.91 Å². The number of likely N-dealkylation sites (tertiary alicyclic amines) is 1. The second-order valence-corrected chi connectivity index (χ2v) is 6.53. The van der Waals surface area contributed by atoms with Crippen molar-refractivity contribution in [3.63, 3.8) is 0 Å². The SMILES string of the molecule is O=C(O[C@@H](C(=O)N1CCCCC1)c1ccccc1)c1ccc(Cl)cc1. The molecule has 5 heteroatoms. The molecule has 0 spiro atoms. The zero-order valence-electron chi connectivity index (χ0n) is 13.9. The lowest BCUT2D eigenvalue weighted by atomic mass is 10.1. The van der Waals surface area contributed by atoms with Crippen LogP contribution in [0.15, 0.2) is 54.6 Å². The van der Waals surface area contributed by atoms with Crippen molar-refractivity contribution in [2.75, 3.05) is 13.1 Å². The Hall–Kier alpha value is -2.33. The van der Waals surface area contributed by atoms with Crippen LogP contribution in [-0.2, 0) is 9.53 Å². The topological polar surface area (TPSA) is 46.6 Å². The van der Waals surface area contributed by atoms with E-state index in [9.17, 15) is 9.59 Å². The highest BCUT2D eigenvalue weighted by atomic mass is 35.5. The fourth-order valence-electron chi connectivity index (χ4n) is 2.93. The molecule has 1 amide bonds. The van der Waals surface area contributed by atoms with Gasteiger partial charge in [0.2, 0.25) is 6.10 Å². The molecule has 1 saturated heterocycles. The second kappa shape index (κ2) is 8.17. The largest absolute Gasteiger partial charge is 0.444 e. The molecule has 1 fully saturated rings. The molecule has 3 rings (SSSR count). The first-order valence-corrected chi connectivity index (χ1v) is 8.83. The Morgan fingerprint density at radius 2 is 1.56 bits per heavy atom. The second-order valence-electron chi connectivity index (χ2n) is 6.09. The van der Waals surface area contributed by atoms with Crippen molar-refractivity contribution in [2.24, 2.45) is 0 Å². The minimum absolute atomic E-state index is 0.159. The summed E-state index contributed by atoms with van der Waals surface area (Å²) in [4.78, 5) is 27.2. The van der Waals surface area contributed by atoms with E-state index in [1.807, 2.05) is 30.3 Å². The molecule has 25 heavy (non-hydrogen) atoms. The van der Waals surface area contributed by atoms with Gasteiger partial charge in [0.1, 0.15) is 0 Å². The van der Waals surface area contributed by atoms with Gasteiger partial charge < -0.3 is 9.64 Å². The van der Waals surface area contributed by atoms with Crippen LogP contribution in [0.25, 0.3) is 0 Å². The molecule has 1 heterocycles. The number of hydrogen-bond acceptors (Lipinski definition) is 3. The smallest absolute Gasteiger partial charge is 0.339 e. The van der Waals surface area contributed by atoms with E-state index in [2.05, 4.69) is 0 Å². The summed E-state index contributed by atoms with van der Waals surface area (Å²) in [6.45, 7) is 1.42. The molecular weight excluding hydrogens is 338 g/mol. The number of carbonyl (C=O) groups excluding carboxylic acids is 2. The molecule has 130 valence electrons. The van der Waals surface area contributed by atoms with E-state index < -0.39 is 12.1 Å². The Morgan fingerprint density at radius 1 is 0.920 bits per heavy atom. The average Bonchev–Trinajstić information content (AvgIpc) is 2.67. The highest BCUT2D eigenvalue weighted by Crippen LogP contribution is 2.24. The van der Waals surface area contributed by atoms with Gasteiger partial charge in [0.25, 0.3) is 5.91 Å². The summed E-state index contributed by atoms with van der Waals surface area (Å²) >= 11 is 5.86. The molecule has 1 atom stereocenters. The van der Waals surface area contributed by atoms with Gasteiger partial charge in [-0.2, -0.15) is 0 Å². The standard InChI is InChI=1S/C20H20ClNO3/c21-17-11-9-16(10-12-17)20(24)25-18(15-7-3-1-4-8-15)19(23)22-13-5-2-6-14-22/h1,3-4,7-12,18H,2,5-6,13-14H2/t18-/m1/s1. The number of benzene rings is 2. The Kier molecular flexibility index (Phi) is 5.71. The van der Waals surface area contributed by atoms with Crippen LogP contribution < -0.4 is 0 Å². The molecule has 0 saturated carbocycles. The van der Waals surface area contributed by atoms with Crippen molar-refractivity contribution in [2.45, 2.75) is 25.4 Å². The first kappa shape index (κ1) is 17.5. The van der Waals surface area contributed by atoms with E-state index >= 15 is 0 Å². The number of carbonyl (C=O) groups is 2. The minimum atomic E-state index is -0.928. The van der Waals surface area contributed by atoms with Crippen LogP contribution in [0.2, 0.25) is 5.02 Å². The quantitative estimate of drug-likeness (QED) is 0.768. The molecule has 2 aromatic carbocycles. The summed E-state index contributed by atoms with van der Waals surface area (Å²) in [7, 11) is 0. The first-order valence-electron chi connectivity index (χ1n) is 8.45. The summed E-state index contributed by atoms with van der Waals surface area (Å²) in [6.07, 6.45) is 2.17. The lowest BCUT2D eigenvalue weighted by Crippen LogP contribution is -2.40. The Balaban J connectivity index is 1.82. The van der Waals surface area contributed by atoms with Gasteiger partial charge >= 0.3 is 5.97 Å². The third-order valence-electron chi connectivity index (χ3n) is 4.30. The highest BCUT2D eigenvalue weighted by Gasteiger charge is 2.30. The van der Waals surface area contributed by atoms with E-state index in [1.54, 1.807) is 29.2 Å². The normalized spacial score (nSPS) is 15.5. The van der Waals surface area contributed by atoms with Gasteiger partial charge in [-0.1, -0.05) is 41.9 Å². The van der Waals surface area contributed by atoms with Crippen LogP contribution in [-0.4, -0.2) is 29.9 Å². The average molecular weight is 358 g/mol. The summed E-state index contributed by atoms with van der Waals surface area (Å²) in [5.74, 6) is -0.691. The molecular formula is C20H20ClNO3. The molecule has 0 aliphatic carbocycles. The van der Waals surface area contributed by atoms with E-state index in [1.165, 1.54) is 0 Å². The molecule has 0 bridgehead atoms. The highest BCUT2D eigenvalue weighted by molar-refractivity contribution is 6.30. The molecule has 0 N–H and O–H groups in total. The Morgan fingerprint density at radius 3 is 2.20 bits per heavy atom. The number of nitrogens with zero attached hydrogens (tertiary/aromatic N) is 1. The maximum absolute atomic E-state index is 12.9. The molecule has 0 aromatic heterocycles. The zero-order valence-corrected chi connectivity index (χ0v) is 14.6.